The van der Waals surface area contributed by atoms with Crippen molar-refractivity contribution in [3.63, 3.8) is 0 Å². The molecule has 1 aliphatic heterocycles. The first-order valence-corrected chi connectivity index (χ1v) is 8.92. The second-order valence-electron chi connectivity index (χ2n) is 4.91. The number of alkyl halides is 1. The maximum absolute atomic E-state index is 12.6. The Hall–Kier alpha value is -0.820. The topological polar surface area (TPSA) is 55.8 Å². The van der Waals surface area contributed by atoms with Gasteiger partial charge in [-0.05, 0) is 37.6 Å². The van der Waals surface area contributed by atoms with Crippen LogP contribution in [-0.4, -0.2) is 51.0 Å². The van der Waals surface area contributed by atoms with Gasteiger partial charge in [-0.3, -0.25) is 0 Å². The van der Waals surface area contributed by atoms with E-state index in [2.05, 4.69) is 0 Å². The van der Waals surface area contributed by atoms with E-state index in [0.717, 1.165) is 0 Å². The van der Waals surface area contributed by atoms with Crippen LogP contribution in [0.5, 0.6) is 5.75 Å². The second-order valence-corrected chi connectivity index (χ2v) is 7.22. The molecule has 0 amide bonds. The van der Waals surface area contributed by atoms with Crippen LogP contribution < -0.4 is 4.74 Å². The van der Waals surface area contributed by atoms with Crippen molar-refractivity contribution in [1.82, 2.24) is 4.31 Å². The van der Waals surface area contributed by atoms with Crippen LogP contribution in [0.1, 0.15) is 13.3 Å². The van der Waals surface area contributed by atoms with E-state index in [1.165, 1.54) is 4.31 Å². The van der Waals surface area contributed by atoms with Crippen LogP contribution in [0.25, 0.3) is 0 Å². The second kappa shape index (κ2) is 7.45. The van der Waals surface area contributed by atoms with Gasteiger partial charge in [-0.2, -0.15) is 4.31 Å². The molecule has 0 aliphatic carbocycles. The number of hydrogen-bond acceptors (Lipinski definition) is 4. The van der Waals surface area contributed by atoms with E-state index in [1.54, 1.807) is 24.3 Å². The number of rotatable bonds is 5. The molecule has 0 radical (unpaired) electrons. The van der Waals surface area contributed by atoms with E-state index < -0.39 is 10.0 Å². The van der Waals surface area contributed by atoms with Crippen LogP contribution in [0.3, 0.4) is 0 Å². The summed E-state index contributed by atoms with van der Waals surface area (Å²) in [4.78, 5) is 0.273. The van der Waals surface area contributed by atoms with Crippen LogP contribution in [0.15, 0.2) is 29.2 Å². The summed E-state index contributed by atoms with van der Waals surface area (Å²) < 4.78 is 37.6. The van der Waals surface area contributed by atoms with Crippen molar-refractivity contribution >= 4 is 21.6 Å². The molecular formula is C14H20ClNO4S. The molecule has 118 valence electrons. The molecule has 0 aromatic heterocycles. The van der Waals surface area contributed by atoms with Gasteiger partial charge in [-0.15, -0.1) is 11.6 Å². The van der Waals surface area contributed by atoms with Gasteiger partial charge >= 0.3 is 0 Å². The highest BCUT2D eigenvalue weighted by atomic mass is 35.5. The van der Waals surface area contributed by atoms with E-state index in [9.17, 15) is 8.42 Å². The van der Waals surface area contributed by atoms with Gasteiger partial charge in [-0.1, -0.05) is 0 Å². The van der Waals surface area contributed by atoms with Crippen molar-refractivity contribution in [2.75, 3.05) is 32.2 Å². The molecule has 1 saturated heterocycles. The molecule has 0 bridgehead atoms. The van der Waals surface area contributed by atoms with Crippen LogP contribution >= 0.6 is 11.6 Å². The van der Waals surface area contributed by atoms with Crippen molar-refractivity contribution in [1.29, 1.82) is 0 Å². The maximum atomic E-state index is 12.6. The number of ether oxygens (including phenoxy) is 2. The molecule has 2 rings (SSSR count). The van der Waals surface area contributed by atoms with Crippen molar-refractivity contribution in [3.8, 4) is 5.75 Å². The number of hydrogen-bond donors (Lipinski definition) is 0. The summed E-state index contributed by atoms with van der Waals surface area (Å²) in [5.41, 5.74) is 0. The highest BCUT2D eigenvalue weighted by molar-refractivity contribution is 7.89. The minimum Gasteiger partial charge on any atom is -0.492 e. The van der Waals surface area contributed by atoms with Gasteiger partial charge in [0.15, 0.2) is 0 Å². The Labute approximate surface area is 130 Å². The van der Waals surface area contributed by atoms with E-state index >= 15 is 0 Å². The lowest BCUT2D eigenvalue weighted by molar-refractivity contribution is 0.0752. The maximum Gasteiger partial charge on any atom is 0.243 e. The normalized spacial score (nSPS) is 21.0. The predicted molar refractivity (Wildman–Crippen MR) is 81.4 cm³/mol. The molecule has 0 spiro atoms. The van der Waals surface area contributed by atoms with Crippen LogP contribution in [0, 0.1) is 0 Å². The van der Waals surface area contributed by atoms with E-state index in [4.69, 9.17) is 21.1 Å². The number of benzene rings is 1. The Morgan fingerprint density at radius 2 is 2.10 bits per heavy atom. The molecular weight excluding hydrogens is 314 g/mol. The average molecular weight is 334 g/mol. The smallest absolute Gasteiger partial charge is 0.243 e. The first kappa shape index (κ1) is 16.5. The molecule has 5 nitrogen and oxygen atoms in total. The Morgan fingerprint density at radius 1 is 1.38 bits per heavy atom. The largest absolute Gasteiger partial charge is 0.492 e. The Morgan fingerprint density at radius 3 is 2.76 bits per heavy atom. The summed E-state index contributed by atoms with van der Waals surface area (Å²) in [6.45, 7) is 3.74. The number of nitrogens with zero attached hydrogens (tertiary/aromatic N) is 1. The van der Waals surface area contributed by atoms with E-state index in [1.807, 2.05) is 6.92 Å². The fourth-order valence-corrected chi connectivity index (χ4v) is 3.82. The lowest BCUT2D eigenvalue weighted by atomic mass is 10.3. The summed E-state index contributed by atoms with van der Waals surface area (Å²) >= 11 is 5.55. The Kier molecular flexibility index (Phi) is 5.87. The molecule has 1 unspecified atom stereocenters. The lowest BCUT2D eigenvalue weighted by Crippen LogP contribution is -2.35. The standard InChI is InChI=1S/C14H20ClNO4S/c1-12-11-16(8-2-9-19-12)21(17,18)14-5-3-13(4-6-14)20-10-7-15/h3-6,12H,2,7-11H2,1H3. The van der Waals surface area contributed by atoms with Crippen molar-refractivity contribution < 1.29 is 17.9 Å². The molecule has 1 atom stereocenters. The summed E-state index contributed by atoms with van der Waals surface area (Å²) in [6.07, 6.45) is 0.620. The summed E-state index contributed by atoms with van der Waals surface area (Å²) in [5.74, 6) is 1.01. The first-order valence-electron chi connectivity index (χ1n) is 6.94. The molecule has 1 aliphatic rings. The summed E-state index contributed by atoms with van der Waals surface area (Å²) in [6, 6.07) is 6.43. The van der Waals surface area contributed by atoms with Gasteiger partial charge in [0.2, 0.25) is 10.0 Å². The van der Waals surface area contributed by atoms with Gasteiger partial charge in [0.05, 0.1) is 16.9 Å². The predicted octanol–water partition coefficient (Wildman–Crippen LogP) is 2.10. The molecule has 1 fully saturated rings. The third-order valence-corrected chi connectivity index (χ3v) is 5.26. The first-order chi connectivity index (χ1) is 10.0. The van der Waals surface area contributed by atoms with Crippen molar-refractivity contribution in [2.45, 2.75) is 24.3 Å². The van der Waals surface area contributed by atoms with Gasteiger partial charge in [0, 0.05) is 19.7 Å². The molecule has 0 N–H and O–H groups in total. The van der Waals surface area contributed by atoms with Gasteiger partial charge in [-0.25, -0.2) is 8.42 Å². The van der Waals surface area contributed by atoms with Crippen LogP contribution in [-0.2, 0) is 14.8 Å². The highest BCUT2D eigenvalue weighted by Crippen LogP contribution is 2.21. The molecule has 1 aromatic carbocycles. The van der Waals surface area contributed by atoms with Crippen molar-refractivity contribution in [2.24, 2.45) is 0 Å². The molecule has 1 heterocycles. The molecule has 7 heteroatoms. The Balaban J connectivity index is 2.14. The molecule has 1 aromatic rings. The third-order valence-electron chi connectivity index (χ3n) is 3.22. The third kappa shape index (κ3) is 4.32. The average Bonchev–Trinajstić information content (AvgIpc) is 2.70. The van der Waals surface area contributed by atoms with Gasteiger partial charge in [0.25, 0.3) is 0 Å². The minimum absolute atomic E-state index is 0.0893. The van der Waals surface area contributed by atoms with Gasteiger partial charge < -0.3 is 9.47 Å². The fraction of sp³-hybridized carbons (Fsp3) is 0.571. The van der Waals surface area contributed by atoms with Gasteiger partial charge in [0.1, 0.15) is 12.4 Å². The minimum atomic E-state index is -3.48. The zero-order valence-corrected chi connectivity index (χ0v) is 13.6. The molecule has 21 heavy (non-hydrogen) atoms. The highest BCUT2D eigenvalue weighted by Gasteiger charge is 2.27. The number of sulfonamides is 1. The van der Waals surface area contributed by atoms with Crippen LogP contribution in [0.4, 0.5) is 0 Å². The Bertz CT molecular complexity index is 547. The van der Waals surface area contributed by atoms with E-state index in [-0.39, 0.29) is 11.0 Å². The summed E-state index contributed by atoms with van der Waals surface area (Å²) in [7, 11) is -3.48. The molecule has 0 saturated carbocycles. The fourth-order valence-electron chi connectivity index (χ4n) is 2.19. The number of halogens is 1. The lowest BCUT2D eigenvalue weighted by Gasteiger charge is -2.21. The quantitative estimate of drug-likeness (QED) is 0.774. The zero-order chi connectivity index (χ0) is 15.3. The van der Waals surface area contributed by atoms with E-state index in [0.29, 0.717) is 44.4 Å². The SMILES string of the molecule is CC1CN(S(=O)(=O)c2ccc(OCCCl)cc2)CCCO1. The zero-order valence-electron chi connectivity index (χ0n) is 12.0. The van der Waals surface area contributed by atoms with Crippen molar-refractivity contribution in [3.05, 3.63) is 24.3 Å². The monoisotopic (exact) mass is 333 g/mol. The van der Waals surface area contributed by atoms with Crippen LogP contribution in [0.2, 0.25) is 0 Å². The summed E-state index contributed by atoms with van der Waals surface area (Å²) in [5, 5.41) is 0.